The average molecular weight is 353 g/mol. The Morgan fingerprint density at radius 1 is 1.08 bits per heavy atom. The van der Waals surface area contributed by atoms with Crippen LogP contribution >= 0.6 is 0 Å². The number of hydrogen-bond donors (Lipinski definition) is 1. The molecule has 1 amide bonds. The molecule has 1 N–H and O–H groups in total. The van der Waals surface area contributed by atoms with Crippen molar-refractivity contribution in [3.05, 3.63) is 53.6 Å². The Morgan fingerprint density at radius 2 is 1.77 bits per heavy atom. The lowest BCUT2D eigenvalue weighted by atomic mass is 10.1. The van der Waals surface area contributed by atoms with Crippen molar-refractivity contribution in [2.75, 3.05) is 5.32 Å². The molecule has 0 heterocycles. The molecule has 0 bridgehead atoms. The summed E-state index contributed by atoms with van der Waals surface area (Å²) in [6.45, 7) is 5.79. The number of anilines is 1. The SMILES string of the molecule is Cc1cccc(O[C@@H](C)C(=O)Nc2ccc(OC3CCCC3)cc2)c1C. The molecule has 0 radical (unpaired) electrons. The zero-order valence-electron chi connectivity index (χ0n) is 15.7. The number of ether oxygens (including phenoxy) is 2. The Balaban J connectivity index is 1.55. The van der Waals surface area contributed by atoms with Gasteiger partial charge in [-0.3, -0.25) is 4.79 Å². The quantitative estimate of drug-likeness (QED) is 0.792. The van der Waals surface area contributed by atoms with Gasteiger partial charge in [0.25, 0.3) is 5.91 Å². The highest BCUT2D eigenvalue weighted by atomic mass is 16.5. The molecule has 138 valence electrons. The van der Waals surface area contributed by atoms with Crippen LogP contribution in [0.4, 0.5) is 5.69 Å². The van der Waals surface area contributed by atoms with Crippen LogP contribution in [-0.2, 0) is 4.79 Å². The lowest BCUT2D eigenvalue weighted by Crippen LogP contribution is -2.30. The molecule has 1 atom stereocenters. The van der Waals surface area contributed by atoms with Crippen LogP contribution in [0.3, 0.4) is 0 Å². The first-order chi connectivity index (χ1) is 12.5. The van der Waals surface area contributed by atoms with Crippen molar-refractivity contribution in [1.82, 2.24) is 0 Å². The molecule has 2 aromatic rings. The number of rotatable bonds is 6. The van der Waals surface area contributed by atoms with Crippen LogP contribution in [-0.4, -0.2) is 18.1 Å². The summed E-state index contributed by atoms with van der Waals surface area (Å²) in [7, 11) is 0. The Kier molecular flexibility index (Phi) is 5.82. The first kappa shape index (κ1) is 18.3. The summed E-state index contributed by atoms with van der Waals surface area (Å²) in [6.07, 6.45) is 4.51. The minimum atomic E-state index is -0.579. The van der Waals surface area contributed by atoms with Gasteiger partial charge in [0.2, 0.25) is 0 Å². The van der Waals surface area contributed by atoms with E-state index in [-0.39, 0.29) is 5.91 Å². The van der Waals surface area contributed by atoms with Gasteiger partial charge in [0.1, 0.15) is 11.5 Å². The van der Waals surface area contributed by atoms with Gasteiger partial charge in [-0.2, -0.15) is 0 Å². The topological polar surface area (TPSA) is 47.6 Å². The number of nitrogens with one attached hydrogen (secondary N) is 1. The molecule has 0 unspecified atom stereocenters. The van der Waals surface area contributed by atoms with Crippen molar-refractivity contribution >= 4 is 11.6 Å². The van der Waals surface area contributed by atoms with E-state index >= 15 is 0 Å². The second kappa shape index (κ2) is 8.26. The summed E-state index contributed by atoms with van der Waals surface area (Å²) in [5.74, 6) is 1.43. The number of aryl methyl sites for hydroxylation is 1. The summed E-state index contributed by atoms with van der Waals surface area (Å²) in [5.41, 5.74) is 2.94. The van der Waals surface area contributed by atoms with Gasteiger partial charge in [0, 0.05) is 5.69 Å². The van der Waals surface area contributed by atoms with E-state index in [0.29, 0.717) is 6.10 Å². The molecule has 1 aliphatic rings. The summed E-state index contributed by atoms with van der Waals surface area (Å²) in [6, 6.07) is 13.4. The molecule has 0 spiro atoms. The molecule has 4 nitrogen and oxygen atoms in total. The lowest BCUT2D eigenvalue weighted by molar-refractivity contribution is -0.122. The highest BCUT2D eigenvalue weighted by Crippen LogP contribution is 2.25. The van der Waals surface area contributed by atoms with E-state index < -0.39 is 6.10 Å². The number of hydrogen-bond acceptors (Lipinski definition) is 3. The fourth-order valence-electron chi connectivity index (χ4n) is 3.16. The van der Waals surface area contributed by atoms with Crippen molar-refractivity contribution in [2.45, 2.75) is 58.7 Å². The minimum Gasteiger partial charge on any atom is -0.490 e. The van der Waals surface area contributed by atoms with Gasteiger partial charge in [-0.25, -0.2) is 0 Å². The van der Waals surface area contributed by atoms with Gasteiger partial charge < -0.3 is 14.8 Å². The molecule has 0 aliphatic heterocycles. The summed E-state index contributed by atoms with van der Waals surface area (Å²) < 4.78 is 11.8. The van der Waals surface area contributed by atoms with Crippen molar-refractivity contribution < 1.29 is 14.3 Å². The van der Waals surface area contributed by atoms with Crippen LogP contribution in [0.15, 0.2) is 42.5 Å². The molecule has 2 aromatic carbocycles. The van der Waals surface area contributed by atoms with Gasteiger partial charge in [-0.1, -0.05) is 12.1 Å². The van der Waals surface area contributed by atoms with Crippen molar-refractivity contribution in [1.29, 1.82) is 0 Å². The number of benzene rings is 2. The Labute approximate surface area is 155 Å². The van der Waals surface area contributed by atoms with Gasteiger partial charge in [0.15, 0.2) is 6.10 Å². The molecule has 1 fully saturated rings. The van der Waals surface area contributed by atoms with E-state index in [1.807, 2.05) is 56.3 Å². The molecule has 3 rings (SSSR count). The summed E-state index contributed by atoms with van der Waals surface area (Å²) in [5, 5.41) is 2.90. The van der Waals surface area contributed by atoms with E-state index in [2.05, 4.69) is 5.32 Å². The maximum Gasteiger partial charge on any atom is 0.265 e. The van der Waals surface area contributed by atoms with Crippen molar-refractivity contribution in [2.24, 2.45) is 0 Å². The smallest absolute Gasteiger partial charge is 0.265 e. The molecule has 0 saturated heterocycles. The molecular formula is C22H27NO3. The third-order valence-electron chi connectivity index (χ3n) is 4.95. The largest absolute Gasteiger partial charge is 0.490 e. The van der Waals surface area contributed by atoms with E-state index in [1.165, 1.54) is 12.8 Å². The molecule has 1 aliphatic carbocycles. The van der Waals surface area contributed by atoms with E-state index in [9.17, 15) is 4.79 Å². The monoisotopic (exact) mass is 353 g/mol. The Bertz CT molecular complexity index is 748. The van der Waals surface area contributed by atoms with Gasteiger partial charge >= 0.3 is 0 Å². The lowest BCUT2D eigenvalue weighted by Gasteiger charge is -2.17. The van der Waals surface area contributed by atoms with E-state index in [1.54, 1.807) is 6.92 Å². The summed E-state index contributed by atoms with van der Waals surface area (Å²) in [4.78, 5) is 12.4. The van der Waals surface area contributed by atoms with Gasteiger partial charge in [0.05, 0.1) is 6.10 Å². The zero-order chi connectivity index (χ0) is 18.5. The van der Waals surface area contributed by atoms with E-state index in [0.717, 1.165) is 41.2 Å². The van der Waals surface area contributed by atoms with Crippen LogP contribution in [0.1, 0.15) is 43.7 Å². The first-order valence-corrected chi connectivity index (χ1v) is 9.33. The Hall–Kier alpha value is -2.49. The maximum absolute atomic E-state index is 12.4. The second-order valence-corrected chi connectivity index (χ2v) is 7.00. The third-order valence-corrected chi connectivity index (χ3v) is 4.95. The highest BCUT2D eigenvalue weighted by Gasteiger charge is 2.18. The van der Waals surface area contributed by atoms with Gasteiger partial charge in [-0.05, 0) is 87.9 Å². The number of carbonyl (C=O) groups excluding carboxylic acids is 1. The van der Waals surface area contributed by atoms with Crippen molar-refractivity contribution in [3.8, 4) is 11.5 Å². The van der Waals surface area contributed by atoms with Crippen LogP contribution in [0.5, 0.6) is 11.5 Å². The van der Waals surface area contributed by atoms with Gasteiger partial charge in [-0.15, -0.1) is 0 Å². The number of amides is 1. The Morgan fingerprint density at radius 3 is 2.46 bits per heavy atom. The number of carbonyl (C=O) groups is 1. The van der Waals surface area contributed by atoms with Crippen molar-refractivity contribution in [3.63, 3.8) is 0 Å². The van der Waals surface area contributed by atoms with E-state index in [4.69, 9.17) is 9.47 Å². The van der Waals surface area contributed by atoms with Crippen LogP contribution in [0.25, 0.3) is 0 Å². The molecule has 1 saturated carbocycles. The predicted octanol–water partition coefficient (Wildman–Crippen LogP) is 5.03. The zero-order valence-corrected chi connectivity index (χ0v) is 15.7. The van der Waals surface area contributed by atoms with Crippen LogP contribution in [0, 0.1) is 13.8 Å². The molecule has 4 heteroatoms. The molecular weight excluding hydrogens is 326 g/mol. The predicted molar refractivity (Wildman–Crippen MR) is 104 cm³/mol. The average Bonchev–Trinajstić information content (AvgIpc) is 3.13. The molecule has 26 heavy (non-hydrogen) atoms. The fraction of sp³-hybridized carbons (Fsp3) is 0.409. The molecule has 0 aromatic heterocycles. The fourth-order valence-corrected chi connectivity index (χ4v) is 3.16. The first-order valence-electron chi connectivity index (χ1n) is 9.33. The minimum absolute atomic E-state index is 0.171. The third kappa shape index (κ3) is 4.57. The van der Waals surface area contributed by atoms with Crippen LogP contribution < -0.4 is 14.8 Å². The van der Waals surface area contributed by atoms with Crippen LogP contribution in [0.2, 0.25) is 0 Å². The summed E-state index contributed by atoms with van der Waals surface area (Å²) >= 11 is 0. The standard InChI is InChI=1S/C22H27NO3/c1-15-7-6-10-21(16(15)2)25-17(3)22(24)23-18-11-13-20(14-12-18)26-19-8-4-5-9-19/h6-7,10-14,17,19H,4-5,8-9H2,1-3H3,(H,23,24)/t17-/m0/s1. The highest BCUT2D eigenvalue weighted by molar-refractivity contribution is 5.94. The maximum atomic E-state index is 12.4. The second-order valence-electron chi connectivity index (χ2n) is 7.00. The normalized spacial score (nSPS) is 15.5.